The minimum atomic E-state index is -0.358. The Morgan fingerprint density at radius 3 is 2.70 bits per heavy atom. The van der Waals surface area contributed by atoms with Gasteiger partial charge in [0.05, 0.1) is 29.0 Å². The number of ether oxygens (including phenoxy) is 2. The number of hydrogen-bond donors (Lipinski definition) is 0. The maximum atomic E-state index is 12.5. The zero-order valence-corrected chi connectivity index (χ0v) is 18.6. The van der Waals surface area contributed by atoms with Crippen molar-refractivity contribution >= 4 is 45.2 Å². The van der Waals surface area contributed by atoms with Gasteiger partial charge in [0.2, 0.25) is 5.91 Å². The molecule has 0 bridgehead atoms. The first kappa shape index (κ1) is 22.3. The minimum Gasteiger partial charge on any atom is -0.462 e. The molecular formula is C22H24N2O4S2. The molecule has 3 aromatic rings. The fourth-order valence-corrected chi connectivity index (χ4v) is 4.81. The normalized spacial score (nSPS) is 11.7. The standard InChI is InChI=1S/C22H24N2O4S2/c1-3-28-21(26)16-9-10-18-19(15-16)30-22(24(18)12-13-27-2)23-20(25)11-14-29-17-7-5-4-6-8-17/h4-10,15H,3,11-14H2,1-2H3. The molecule has 3 rings (SSSR count). The molecule has 1 heterocycles. The van der Waals surface area contributed by atoms with Crippen molar-refractivity contribution in [3.05, 3.63) is 58.9 Å². The monoisotopic (exact) mass is 444 g/mol. The van der Waals surface area contributed by atoms with Crippen LogP contribution in [-0.4, -0.2) is 42.5 Å². The van der Waals surface area contributed by atoms with Crippen molar-refractivity contribution in [2.75, 3.05) is 26.1 Å². The van der Waals surface area contributed by atoms with Gasteiger partial charge in [-0.1, -0.05) is 29.5 Å². The molecule has 0 saturated carbocycles. The Hall–Kier alpha value is -2.42. The first-order valence-corrected chi connectivity index (χ1v) is 11.5. The number of carbonyl (C=O) groups is 2. The molecule has 0 radical (unpaired) electrons. The molecule has 6 nitrogen and oxygen atoms in total. The van der Waals surface area contributed by atoms with Crippen LogP contribution >= 0.6 is 23.1 Å². The van der Waals surface area contributed by atoms with Crippen molar-refractivity contribution in [2.24, 2.45) is 4.99 Å². The predicted molar refractivity (Wildman–Crippen MR) is 120 cm³/mol. The molecule has 158 valence electrons. The van der Waals surface area contributed by atoms with Crippen molar-refractivity contribution in [1.29, 1.82) is 0 Å². The largest absolute Gasteiger partial charge is 0.462 e. The fraction of sp³-hybridized carbons (Fsp3) is 0.318. The van der Waals surface area contributed by atoms with Gasteiger partial charge in [-0.2, -0.15) is 4.99 Å². The summed E-state index contributed by atoms with van der Waals surface area (Å²) >= 11 is 3.02. The van der Waals surface area contributed by atoms with E-state index >= 15 is 0 Å². The van der Waals surface area contributed by atoms with E-state index in [0.29, 0.717) is 42.3 Å². The van der Waals surface area contributed by atoms with Crippen LogP contribution in [0.15, 0.2) is 58.4 Å². The molecule has 0 aliphatic rings. The summed E-state index contributed by atoms with van der Waals surface area (Å²) in [7, 11) is 1.64. The van der Waals surface area contributed by atoms with E-state index in [1.54, 1.807) is 37.9 Å². The lowest BCUT2D eigenvalue weighted by Gasteiger charge is -2.05. The van der Waals surface area contributed by atoms with Crippen molar-refractivity contribution in [1.82, 2.24) is 4.57 Å². The van der Waals surface area contributed by atoms with Gasteiger partial charge in [0.15, 0.2) is 4.80 Å². The number of hydrogen-bond acceptors (Lipinski definition) is 6. The smallest absolute Gasteiger partial charge is 0.338 e. The Kier molecular flexibility index (Phi) is 8.24. The van der Waals surface area contributed by atoms with E-state index in [2.05, 4.69) is 4.99 Å². The van der Waals surface area contributed by atoms with Crippen molar-refractivity contribution in [2.45, 2.75) is 24.8 Å². The molecule has 0 aliphatic carbocycles. The fourth-order valence-electron chi connectivity index (χ4n) is 2.83. The first-order chi connectivity index (χ1) is 14.6. The number of fused-ring (bicyclic) bond motifs is 1. The second kappa shape index (κ2) is 11.1. The third-order valence-electron chi connectivity index (χ3n) is 4.26. The van der Waals surface area contributed by atoms with E-state index in [9.17, 15) is 9.59 Å². The van der Waals surface area contributed by atoms with Gasteiger partial charge in [-0.25, -0.2) is 4.79 Å². The average Bonchev–Trinajstić information content (AvgIpc) is 3.09. The first-order valence-electron chi connectivity index (χ1n) is 9.67. The summed E-state index contributed by atoms with van der Waals surface area (Å²) in [6.45, 7) is 3.17. The van der Waals surface area contributed by atoms with Gasteiger partial charge in [0, 0.05) is 30.7 Å². The molecule has 1 aromatic heterocycles. The predicted octanol–water partition coefficient (Wildman–Crippen LogP) is 4.14. The highest BCUT2D eigenvalue weighted by molar-refractivity contribution is 7.99. The van der Waals surface area contributed by atoms with E-state index in [-0.39, 0.29) is 11.9 Å². The molecule has 0 atom stereocenters. The van der Waals surface area contributed by atoms with Crippen molar-refractivity contribution in [3.8, 4) is 0 Å². The lowest BCUT2D eigenvalue weighted by Crippen LogP contribution is -2.19. The lowest BCUT2D eigenvalue weighted by atomic mass is 10.2. The molecule has 2 aromatic carbocycles. The number of methoxy groups -OCH3 is 1. The number of thioether (sulfide) groups is 1. The number of aromatic nitrogens is 1. The summed E-state index contributed by atoms with van der Waals surface area (Å²) in [4.78, 5) is 30.6. The van der Waals surface area contributed by atoms with Crippen LogP contribution in [0.3, 0.4) is 0 Å². The van der Waals surface area contributed by atoms with Crippen molar-refractivity contribution in [3.63, 3.8) is 0 Å². The van der Waals surface area contributed by atoms with E-state index in [0.717, 1.165) is 15.1 Å². The molecule has 0 spiro atoms. The van der Waals surface area contributed by atoms with Gasteiger partial charge in [-0.15, -0.1) is 11.8 Å². The molecule has 30 heavy (non-hydrogen) atoms. The summed E-state index contributed by atoms with van der Waals surface area (Å²) in [5, 5.41) is 0. The van der Waals surface area contributed by atoms with Gasteiger partial charge >= 0.3 is 5.97 Å². The third kappa shape index (κ3) is 5.81. The molecular weight excluding hydrogens is 420 g/mol. The number of nitrogens with zero attached hydrogens (tertiary/aromatic N) is 2. The molecule has 0 fully saturated rings. The SMILES string of the molecule is CCOC(=O)c1ccc2c(c1)sc(=NC(=O)CCSc1ccccc1)n2CCOC. The third-order valence-corrected chi connectivity index (χ3v) is 6.32. The maximum Gasteiger partial charge on any atom is 0.338 e. The van der Waals surface area contributed by atoms with Crippen LogP contribution in [-0.2, 0) is 20.8 Å². The second-order valence-corrected chi connectivity index (χ2v) is 8.53. The van der Waals surface area contributed by atoms with E-state index in [1.165, 1.54) is 11.3 Å². The van der Waals surface area contributed by atoms with Crippen LogP contribution < -0.4 is 4.80 Å². The Balaban J connectivity index is 1.82. The Morgan fingerprint density at radius 1 is 1.17 bits per heavy atom. The summed E-state index contributed by atoms with van der Waals surface area (Å²) in [6, 6.07) is 15.4. The Morgan fingerprint density at radius 2 is 1.97 bits per heavy atom. The topological polar surface area (TPSA) is 69.9 Å². The number of esters is 1. The van der Waals surface area contributed by atoms with E-state index in [1.807, 2.05) is 41.0 Å². The lowest BCUT2D eigenvalue weighted by molar-refractivity contribution is -0.117. The average molecular weight is 445 g/mol. The minimum absolute atomic E-state index is 0.165. The molecule has 0 unspecified atom stereocenters. The van der Waals surface area contributed by atoms with E-state index in [4.69, 9.17) is 9.47 Å². The zero-order chi connectivity index (χ0) is 21.3. The van der Waals surface area contributed by atoms with Crippen LogP contribution in [0.2, 0.25) is 0 Å². The number of rotatable bonds is 9. The van der Waals surface area contributed by atoms with Gasteiger partial charge in [-0.3, -0.25) is 4.79 Å². The number of thiazole rings is 1. The number of carbonyl (C=O) groups excluding carboxylic acids is 2. The summed E-state index contributed by atoms with van der Waals surface area (Å²) < 4.78 is 13.1. The molecule has 0 saturated heterocycles. The summed E-state index contributed by atoms with van der Waals surface area (Å²) in [5.41, 5.74) is 1.40. The Bertz CT molecular complexity index is 1070. The Labute approximate surface area is 183 Å². The van der Waals surface area contributed by atoms with Crippen LogP contribution in [0.1, 0.15) is 23.7 Å². The quantitative estimate of drug-likeness (QED) is 0.367. The highest BCUT2D eigenvalue weighted by atomic mass is 32.2. The van der Waals surface area contributed by atoms with Crippen LogP contribution in [0.4, 0.5) is 0 Å². The molecule has 0 aliphatic heterocycles. The highest BCUT2D eigenvalue weighted by Gasteiger charge is 2.12. The van der Waals surface area contributed by atoms with Crippen LogP contribution in [0, 0.1) is 0 Å². The van der Waals surface area contributed by atoms with Gasteiger partial charge < -0.3 is 14.0 Å². The van der Waals surface area contributed by atoms with E-state index < -0.39 is 0 Å². The van der Waals surface area contributed by atoms with Crippen LogP contribution in [0.25, 0.3) is 10.2 Å². The molecule has 1 amide bonds. The van der Waals surface area contributed by atoms with Gasteiger partial charge in [0.25, 0.3) is 0 Å². The van der Waals surface area contributed by atoms with Crippen LogP contribution in [0.5, 0.6) is 0 Å². The summed E-state index contributed by atoms with van der Waals surface area (Å²) in [6.07, 6.45) is 0.353. The van der Waals surface area contributed by atoms with Gasteiger partial charge in [-0.05, 0) is 37.3 Å². The number of amides is 1. The molecule has 0 N–H and O–H groups in total. The summed E-state index contributed by atoms with van der Waals surface area (Å²) in [5.74, 6) is 0.146. The second-order valence-electron chi connectivity index (χ2n) is 6.35. The highest BCUT2D eigenvalue weighted by Crippen LogP contribution is 2.21. The zero-order valence-electron chi connectivity index (χ0n) is 17.0. The molecule has 8 heteroatoms. The van der Waals surface area contributed by atoms with Crippen molar-refractivity contribution < 1.29 is 19.1 Å². The van der Waals surface area contributed by atoms with Gasteiger partial charge in [0.1, 0.15) is 0 Å². The maximum absolute atomic E-state index is 12.5. The number of benzene rings is 2.